The predicted octanol–water partition coefficient (Wildman–Crippen LogP) is 3.92. The minimum atomic E-state index is -1.09. The van der Waals surface area contributed by atoms with Crippen LogP contribution in [0.5, 0.6) is 11.5 Å². The van der Waals surface area contributed by atoms with Crippen LogP contribution in [0.15, 0.2) is 52.6 Å². The molecule has 0 atom stereocenters. The molecule has 1 heterocycles. The lowest BCUT2D eigenvalue weighted by Crippen LogP contribution is -2.31. The lowest BCUT2D eigenvalue weighted by atomic mass is 10.1. The van der Waals surface area contributed by atoms with Crippen LogP contribution in [0.2, 0.25) is 0 Å². The first-order valence-corrected chi connectivity index (χ1v) is 10.2. The van der Waals surface area contributed by atoms with E-state index in [-0.39, 0.29) is 5.91 Å². The molecule has 0 aromatic heterocycles. The number of hydrogen-bond acceptors (Lipinski definition) is 5. The summed E-state index contributed by atoms with van der Waals surface area (Å²) in [5.41, 5.74) is 1.52. The van der Waals surface area contributed by atoms with Gasteiger partial charge in [-0.15, -0.1) is 0 Å². The second-order valence-electron chi connectivity index (χ2n) is 6.30. The van der Waals surface area contributed by atoms with Crippen LogP contribution in [0.25, 0.3) is 6.08 Å². The van der Waals surface area contributed by atoms with Crippen LogP contribution in [0, 0.1) is 0 Å². The maximum Gasteiger partial charge on any atom is 0.341 e. The molecular formula is C21H19BrN2O5S. The molecule has 0 aliphatic carbocycles. The Balaban J connectivity index is 1.94. The lowest BCUT2D eigenvalue weighted by molar-refractivity contribution is -0.139. The van der Waals surface area contributed by atoms with Crippen LogP contribution in [0.4, 0.5) is 5.69 Å². The first-order valence-electron chi connectivity index (χ1n) is 9.02. The number of hydrogen-bond donors (Lipinski definition) is 1. The Morgan fingerprint density at radius 2 is 1.90 bits per heavy atom. The van der Waals surface area contributed by atoms with E-state index in [4.69, 9.17) is 26.8 Å². The highest BCUT2D eigenvalue weighted by Gasteiger charge is 2.37. The molecule has 1 aliphatic rings. The maximum absolute atomic E-state index is 13.2. The normalized spacial score (nSPS) is 15.1. The van der Waals surface area contributed by atoms with Gasteiger partial charge in [0, 0.05) is 17.1 Å². The summed E-state index contributed by atoms with van der Waals surface area (Å²) >= 11 is 8.87. The van der Waals surface area contributed by atoms with Gasteiger partial charge in [0.25, 0.3) is 5.91 Å². The largest absolute Gasteiger partial charge is 0.494 e. The van der Waals surface area contributed by atoms with Crippen molar-refractivity contribution in [2.45, 2.75) is 6.92 Å². The van der Waals surface area contributed by atoms with Gasteiger partial charge < -0.3 is 19.5 Å². The smallest absolute Gasteiger partial charge is 0.341 e. The highest BCUT2D eigenvalue weighted by molar-refractivity contribution is 9.10. The van der Waals surface area contributed by atoms with E-state index in [2.05, 4.69) is 15.9 Å². The zero-order valence-electron chi connectivity index (χ0n) is 16.3. The minimum Gasteiger partial charge on any atom is -0.494 e. The highest BCUT2D eigenvalue weighted by Crippen LogP contribution is 2.32. The summed E-state index contributed by atoms with van der Waals surface area (Å²) < 4.78 is 11.6. The molecule has 0 radical (unpaired) electrons. The van der Waals surface area contributed by atoms with Gasteiger partial charge in [-0.25, -0.2) is 4.79 Å². The molecule has 7 nitrogen and oxygen atoms in total. The number of likely N-dealkylation sites (N-methyl/N-ethyl adjacent to an activating group) is 1. The standard InChI is InChI=1S/C21H19BrN2O5S/c1-3-28-16-7-5-15(6-8-16)24-20(27)17(23(2)21(24)30)11-13-10-14(22)4-9-18(13)29-12-19(25)26/h4-11H,3,12H2,1-2H3,(H,25,26)/b17-11-. The zero-order valence-corrected chi connectivity index (χ0v) is 18.7. The summed E-state index contributed by atoms with van der Waals surface area (Å²) in [4.78, 5) is 27.1. The number of carbonyl (C=O) groups is 2. The summed E-state index contributed by atoms with van der Waals surface area (Å²) in [5, 5.41) is 9.22. The number of carboxylic acid groups (broad SMARTS) is 1. The molecule has 2 aromatic carbocycles. The molecule has 1 saturated heterocycles. The molecule has 0 saturated carbocycles. The molecule has 1 amide bonds. The number of rotatable bonds is 7. The van der Waals surface area contributed by atoms with Crippen LogP contribution in [0.3, 0.4) is 0 Å². The van der Waals surface area contributed by atoms with Crippen molar-refractivity contribution in [1.82, 2.24) is 4.90 Å². The predicted molar refractivity (Wildman–Crippen MR) is 121 cm³/mol. The van der Waals surface area contributed by atoms with Crippen LogP contribution in [-0.4, -0.2) is 47.3 Å². The number of thiocarbonyl (C=S) groups is 1. The summed E-state index contributed by atoms with van der Waals surface area (Å²) in [7, 11) is 1.70. The zero-order chi connectivity index (χ0) is 21.8. The van der Waals surface area contributed by atoms with Crippen molar-refractivity contribution in [3.8, 4) is 11.5 Å². The summed E-state index contributed by atoms with van der Waals surface area (Å²) in [6, 6.07) is 12.2. The Bertz CT molecular complexity index is 1020. The van der Waals surface area contributed by atoms with Crippen LogP contribution >= 0.6 is 28.1 Å². The van der Waals surface area contributed by atoms with Crippen molar-refractivity contribution >= 4 is 56.9 Å². The third kappa shape index (κ3) is 4.63. The summed E-state index contributed by atoms with van der Waals surface area (Å²) in [6.45, 7) is 1.96. The third-order valence-electron chi connectivity index (χ3n) is 4.28. The van der Waals surface area contributed by atoms with E-state index in [1.165, 1.54) is 4.90 Å². The number of aliphatic carboxylic acids is 1. The third-order valence-corrected chi connectivity index (χ3v) is 5.23. The second-order valence-corrected chi connectivity index (χ2v) is 7.58. The van der Waals surface area contributed by atoms with Gasteiger partial charge in [-0.2, -0.15) is 0 Å². The van der Waals surface area contributed by atoms with Gasteiger partial charge in [0.2, 0.25) is 0 Å². The number of ether oxygens (including phenoxy) is 2. The van der Waals surface area contributed by atoms with E-state index in [1.807, 2.05) is 6.92 Å². The molecule has 2 aromatic rings. The molecule has 1 N–H and O–H groups in total. The molecule has 0 bridgehead atoms. The van der Waals surface area contributed by atoms with Crippen LogP contribution in [0.1, 0.15) is 12.5 Å². The minimum absolute atomic E-state index is 0.296. The molecule has 30 heavy (non-hydrogen) atoms. The first kappa shape index (κ1) is 21.8. The average Bonchev–Trinajstić information content (AvgIpc) is 2.91. The molecular weight excluding hydrogens is 472 g/mol. The number of carbonyl (C=O) groups excluding carboxylic acids is 1. The fraction of sp³-hybridized carbons (Fsp3) is 0.190. The van der Waals surface area contributed by atoms with Crippen molar-refractivity contribution in [1.29, 1.82) is 0 Å². The Morgan fingerprint density at radius 3 is 2.53 bits per heavy atom. The van der Waals surface area contributed by atoms with Gasteiger partial charge in [-0.05, 0) is 67.7 Å². The van der Waals surface area contributed by atoms with Gasteiger partial charge in [-0.3, -0.25) is 9.69 Å². The van der Waals surface area contributed by atoms with Crippen LogP contribution < -0.4 is 14.4 Å². The number of benzene rings is 2. The van der Waals surface area contributed by atoms with Crippen molar-refractivity contribution in [3.05, 3.63) is 58.2 Å². The fourth-order valence-electron chi connectivity index (χ4n) is 2.89. The average molecular weight is 491 g/mol. The second kappa shape index (κ2) is 9.27. The number of amides is 1. The van der Waals surface area contributed by atoms with E-state index >= 15 is 0 Å². The van der Waals surface area contributed by atoms with Crippen molar-refractivity contribution in [2.75, 3.05) is 25.2 Å². The van der Waals surface area contributed by atoms with Crippen molar-refractivity contribution < 1.29 is 24.2 Å². The lowest BCUT2D eigenvalue weighted by Gasteiger charge is -2.16. The van der Waals surface area contributed by atoms with Gasteiger partial charge in [-0.1, -0.05) is 15.9 Å². The van der Waals surface area contributed by atoms with E-state index in [0.29, 0.717) is 40.2 Å². The topological polar surface area (TPSA) is 79.3 Å². The molecule has 0 unspecified atom stereocenters. The van der Waals surface area contributed by atoms with Crippen LogP contribution in [-0.2, 0) is 9.59 Å². The van der Waals surface area contributed by atoms with Gasteiger partial charge >= 0.3 is 5.97 Å². The molecule has 0 spiro atoms. The number of nitrogens with zero attached hydrogens (tertiary/aromatic N) is 2. The van der Waals surface area contributed by atoms with Crippen molar-refractivity contribution in [2.24, 2.45) is 0 Å². The fourth-order valence-corrected chi connectivity index (χ4v) is 3.56. The monoisotopic (exact) mass is 490 g/mol. The van der Waals surface area contributed by atoms with Gasteiger partial charge in [0.15, 0.2) is 11.7 Å². The first-order chi connectivity index (χ1) is 14.3. The Kier molecular flexibility index (Phi) is 6.73. The Labute approximate surface area is 187 Å². The molecule has 3 rings (SSSR count). The van der Waals surface area contributed by atoms with E-state index in [9.17, 15) is 9.59 Å². The van der Waals surface area contributed by atoms with E-state index < -0.39 is 12.6 Å². The molecule has 9 heteroatoms. The van der Waals surface area contributed by atoms with Gasteiger partial charge in [0.05, 0.1) is 12.3 Å². The highest BCUT2D eigenvalue weighted by atomic mass is 79.9. The van der Waals surface area contributed by atoms with E-state index in [1.54, 1.807) is 60.5 Å². The van der Waals surface area contributed by atoms with Crippen molar-refractivity contribution in [3.63, 3.8) is 0 Å². The Morgan fingerprint density at radius 1 is 1.20 bits per heavy atom. The molecule has 1 aliphatic heterocycles. The Hall–Kier alpha value is -2.91. The molecule has 1 fully saturated rings. The number of carboxylic acids is 1. The molecule has 156 valence electrons. The van der Waals surface area contributed by atoms with Gasteiger partial charge in [0.1, 0.15) is 17.2 Å². The number of anilines is 1. The summed E-state index contributed by atoms with van der Waals surface area (Å²) in [5.74, 6) is -0.332. The number of halogens is 1. The summed E-state index contributed by atoms with van der Waals surface area (Å²) in [6.07, 6.45) is 1.63. The maximum atomic E-state index is 13.2. The van der Waals surface area contributed by atoms with E-state index in [0.717, 1.165) is 4.47 Å². The SMILES string of the molecule is CCOc1ccc(N2C(=O)/C(=C/c3cc(Br)ccc3OCC(=O)O)N(C)C2=S)cc1. The quantitative estimate of drug-likeness (QED) is 0.465.